The summed E-state index contributed by atoms with van der Waals surface area (Å²) in [5.41, 5.74) is 1.35. The van der Waals surface area contributed by atoms with Crippen LogP contribution in [0.2, 0.25) is 0 Å². The molecular formula is C13H8N4O2. The average molecular weight is 252 g/mol. The van der Waals surface area contributed by atoms with Crippen molar-refractivity contribution in [3.8, 4) is 29.0 Å². The van der Waals surface area contributed by atoms with Gasteiger partial charge in [-0.2, -0.15) is 5.26 Å². The largest absolute Gasteiger partial charge is 0.508 e. The minimum atomic E-state index is -0.0190. The lowest BCUT2D eigenvalue weighted by molar-refractivity contribution is 0.461. The Kier molecular flexibility index (Phi) is 2.32. The molecule has 2 aromatic heterocycles. The van der Waals surface area contributed by atoms with Crippen LogP contribution in [0.5, 0.6) is 11.5 Å². The van der Waals surface area contributed by atoms with Crippen LogP contribution in [0.25, 0.3) is 17.0 Å². The van der Waals surface area contributed by atoms with Crippen molar-refractivity contribution in [2.75, 3.05) is 0 Å². The lowest BCUT2D eigenvalue weighted by atomic mass is 10.1. The lowest BCUT2D eigenvalue weighted by Gasteiger charge is -2.03. The summed E-state index contributed by atoms with van der Waals surface area (Å²) in [5.74, 6) is 0.357. The van der Waals surface area contributed by atoms with Crippen LogP contribution in [0.1, 0.15) is 5.56 Å². The zero-order chi connectivity index (χ0) is 13.4. The molecule has 0 bridgehead atoms. The summed E-state index contributed by atoms with van der Waals surface area (Å²) in [6.07, 6.45) is 1.58. The fraction of sp³-hybridized carbons (Fsp3) is 0. The first kappa shape index (κ1) is 11.0. The second-order valence-electron chi connectivity index (χ2n) is 3.98. The first-order valence-corrected chi connectivity index (χ1v) is 5.46. The van der Waals surface area contributed by atoms with Gasteiger partial charge in [-0.15, -0.1) is 10.2 Å². The van der Waals surface area contributed by atoms with Crippen LogP contribution in [-0.4, -0.2) is 24.8 Å². The lowest BCUT2D eigenvalue weighted by Crippen LogP contribution is -1.91. The minimum absolute atomic E-state index is 0.0148. The third-order valence-electron chi connectivity index (χ3n) is 2.75. The minimum Gasteiger partial charge on any atom is -0.508 e. The van der Waals surface area contributed by atoms with E-state index >= 15 is 0 Å². The van der Waals surface area contributed by atoms with Crippen molar-refractivity contribution in [1.29, 1.82) is 5.26 Å². The molecule has 3 rings (SSSR count). The number of rotatable bonds is 1. The molecule has 0 unspecified atom stereocenters. The van der Waals surface area contributed by atoms with E-state index in [-0.39, 0.29) is 11.5 Å². The van der Waals surface area contributed by atoms with Crippen molar-refractivity contribution >= 4 is 5.65 Å². The van der Waals surface area contributed by atoms with E-state index in [0.29, 0.717) is 22.6 Å². The number of benzene rings is 1. The molecule has 2 heterocycles. The summed E-state index contributed by atoms with van der Waals surface area (Å²) in [6.45, 7) is 0. The van der Waals surface area contributed by atoms with Crippen molar-refractivity contribution in [1.82, 2.24) is 14.6 Å². The van der Waals surface area contributed by atoms with E-state index < -0.39 is 0 Å². The number of hydrogen-bond acceptors (Lipinski definition) is 5. The molecule has 0 aliphatic carbocycles. The molecule has 0 amide bonds. The summed E-state index contributed by atoms with van der Waals surface area (Å²) < 4.78 is 1.59. The van der Waals surface area contributed by atoms with Crippen molar-refractivity contribution in [3.05, 3.63) is 42.1 Å². The number of nitriles is 1. The monoisotopic (exact) mass is 252 g/mol. The Hall–Kier alpha value is -3.07. The average Bonchev–Trinajstić information content (AvgIpc) is 2.84. The standard InChI is InChI=1S/C13H8N4O2/c14-6-8-1-4-12-15-16-13(17(12)7-8)10-5-9(18)2-3-11(10)19/h1-5,7,18-19H. The van der Waals surface area contributed by atoms with E-state index in [0.717, 1.165) is 0 Å². The van der Waals surface area contributed by atoms with Crippen LogP contribution in [-0.2, 0) is 0 Å². The zero-order valence-electron chi connectivity index (χ0n) is 9.65. The molecule has 0 aliphatic heterocycles. The van der Waals surface area contributed by atoms with Crippen LogP contribution in [0, 0.1) is 11.3 Å². The number of phenols is 2. The summed E-state index contributed by atoms with van der Waals surface area (Å²) in [7, 11) is 0. The molecule has 3 aromatic rings. The molecule has 0 fully saturated rings. The van der Waals surface area contributed by atoms with Gasteiger partial charge < -0.3 is 10.2 Å². The highest BCUT2D eigenvalue weighted by molar-refractivity contribution is 5.68. The van der Waals surface area contributed by atoms with E-state index in [9.17, 15) is 10.2 Å². The molecule has 92 valence electrons. The third kappa shape index (κ3) is 1.73. The van der Waals surface area contributed by atoms with Gasteiger partial charge in [-0.1, -0.05) is 0 Å². The molecule has 19 heavy (non-hydrogen) atoms. The van der Waals surface area contributed by atoms with Gasteiger partial charge in [-0.3, -0.25) is 4.40 Å². The molecule has 0 saturated heterocycles. The van der Waals surface area contributed by atoms with E-state index in [1.165, 1.54) is 18.2 Å². The van der Waals surface area contributed by atoms with E-state index in [4.69, 9.17) is 5.26 Å². The smallest absolute Gasteiger partial charge is 0.172 e. The van der Waals surface area contributed by atoms with Crippen LogP contribution in [0.15, 0.2) is 36.5 Å². The van der Waals surface area contributed by atoms with Gasteiger partial charge in [-0.05, 0) is 30.3 Å². The number of aromatic hydroxyl groups is 2. The predicted octanol–water partition coefficient (Wildman–Crippen LogP) is 1.68. The Morgan fingerprint density at radius 2 is 1.95 bits per heavy atom. The van der Waals surface area contributed by atoms with Crippen molar-refractivity contribution in [2.24, 2.45) is 0 Å². The Morgan fingerprint density at radius 1 is 1.11 bits per heavy atom. The van der Waals surface area contributed by atoms with E-state index in [1.807, 2.05) is 6.07 Å². The number of fused-ring (bicyclic) bond motifs is 1. The number of pyridine rings is 1. The van der Waals surface area contributed by atoms with E-state index in [2.05, 4.69) is 10.2 Å². The summed E-state index contributed by atoms with van der Waals surface area (Å²) in [4.78, 5) is 0. The summed E-state index contributed by atoms with van der Waals surface area (Å²) in [6, 6.07) is 9.47. The second-order valence-corrected chi connectivity index (χ2v) is 3.98. The molecule has 0 saturated carbocycles. The maximum atomic E-state index is 9.84. The molecular weight excluding hydrogens is 244 g/mol. The van der Waals surface area contributed by atoms with Crippen LogP contribution in [0.4, 0.5) is 0 Å². The van der Waals surface area contributed by atoms with Gasteiger partial charge in [0.05, 0.1) is 11.1 Å². The molecule has 0 radical (unpaired) electrons. The van der Waals surface area contributed by atoms with Crippen LogP contribution < -0.4 is 0 Å². The third-order valence-corrected chi connectivity index (χ3v) is 2.75. The first-order valence-electron chi connectivity index (χ1n) is 5.46. The quantitative estimate of drug-likeness (QED) is 0.642. The topological polar surface area (TPSA) is 94.4 Å². The van der Waals surface area contributed by atoms with Gasteiger partial charge in [0.25, 0.3) is 0 Å². The van der Waals surface area contributed by atoms with Crippen molar-refractivity contribution < 1.29 is 10.2 Å². The zero-order valence-corrected chi connectivity index (χ0v) is 9.65. The molecule has 6 nitrogen and oxygen atoms in total. The Morgan fingerprint density at radius 3 is 2.74 bits per heavy atom. The fourth-order valence-corrected chi connectivity index (χ4v) is 1.84. The van der Waals surface area contributed by atoms with Crippen molar-refractivity contribution in [3.63, 3.8) is 0 Å². The Bertz CT molecular complexity index is 817. The number of nitrogens with zero attached hydrogens (tertiary/aromatic N) is 4. The molecule has 6 heteroatoms. The predicted molar refractivity (Wildman–Crippen MR) is 66.5 cm³/mol. The summed E-state index contributed by atoms with van der Waals surface area (Å²) in [5, 5.41) is 36.2. The highest BCUT2D eigenvalue weighted by Crippen LogP contribution is 2.31. The highest BCUT2D eigenvalue weighted by atomic mass is 16.3. The maximum absolute atomic E-state index is 9.84. The highest BCUT2D eigenvalue weighted by Gasteiger charge is 2.13. The van der Waals surface area contributed by atoms with Gasteiger partial charge in [0, 0.05) is 6.20 Å². The Balaban J connectivity index is 2.31. The van der Waals surface area contributed by atoms with Crippen molar-refractivity contribution in [2.45, 2.75) is 0 Å². The number of phenolic OH excluding ortho intramolecular Hbond substituents is 2. The van der Waals surface area contributed by atoms with Gasteiger partial charge in [-0.25, -0.2) is 0 Å². The SMILES string of the molecule is N#Cc1ccc2nnc(-c3cc(O)ccc3O)n2c1. The molecule has 2 N–H and O–H groups in total. The summed E-state index contributed by atoms with van der Waals surface area (Å²) >= 11 is 0. The molecule has 0 spiro atoms. The van der Waals surface area contributed by atoms with Gasteiger partial charge in [0.15, 0.2) is 11.5 Å². The van der Waals surface area contributed by atoms with E-state index in [1.54, 1.807) is 22.7 Å². The Labute approximate surface area is 107 Å². The first-order chi connectivity index (χ1) is 9.19. The van der Waals surface area contributed by atoms with Crippen LogP contribution in [0.3, 0.4) is 0 Å². The maximum Gasteiger partial charge on any atom is 0.172 e. The van der Waals surface area contributed by atoms with Crippen LogP contribution >= 0.6 is 0 Å². The van der Waals surface area contributed by atoms with Gasteiger partial charge in [0.2, 0.25) is 0 Å². The normalized spacial score (nSPS) is 10.5. The number of hydrogen-bond donors (Lipinski definition) is 2. The molecule has 0 atom stereocenters. The number of aromatic nitrogens is 3. The fourth-order valence-electron chi connectivity index (χ4n) is 1.84. The molecule has 0 aliphatic rings. The van der Waals surface area contributed by atoms with Gasteiger partial charge >= 0.3 is 0 Å². The second kappa shape index (κ2) is 3.99. The van der Waals surface area contributed by atoms with Gasteiger partial charge in [0.1, 0.15) is 17.6 Å². The molecule has 1 aromatic carbocycles.